The molecule has 0 aliphatic rings. The quantitative estimate of drug-likeness (QED) is 0.721. The lowest BCUT2D eigenvalue weighted by molar-refractivity contribution is -0.137. The highest BCUT2D eigenvalue weighted by Crippen LogP contribution is 1.97. The monoisotopic (exact) mass is 192 g/mol. The lowest BCUT2D eigenvalue weighted by Gasteiger charge is -2.03. The van der Waals surface area contributed by atoms with Gasteiger partial charge in [-0.2, -0.15) is 5.26 Å². The summed E-state index contributed by atoms with van der Waals surface area (Å²) in [6.45, 7) is 1.27. The molecule has 0 saturated heterocycles. The highest BCUT2D eigenvalue weighted by atomic mass is 16.4. The Labute approximate surface area is 79.8 Å². The van der Waals surface area contributed by atoms with Crippen molar-refractivity contribution in [2.45, 2.75) is 13.5 Å². The molecule has 0 aliphatic heterocycles. The maximum atomic E-state index is 11.4. The van der Waals surface area contributed by atoms with Gasteiger partial charge in [0.25, 0.3) is 5.56 Å². The summed E-state index contributed by atoms with van der Waals surface area (Å²) in [4.78, 5) is 21.8. The van der Waals surface area contributed by atoms with Gasteiger partial charge in [0.15, 0.2) is 0 Å². The minimum Gasteiger partial charge on any atom is -0.480 e. The highest BCUT2D eigenvalue weighted by Gasteiger charge is 2.06. The Balaban J connectivity index is 3.31. The second-order valence-corrected chi connectivity index (χ2v) is 2.87. The van der Waals surface area contributed by atoms with Crippen molar-refractivity contribution in [3.8, 4) is 6.07 Å². The summed E-state index contributed by atoms with van der Waals surface area (Å²) < 4.78 is 1.01. The van der Waals surface area contributed by atoms with Gasteiger partial charge in [0.2, 0.25) is 0 Å². The Hall–Kier alpha value is -2.09. The number of pyridine rings is 1. The topological polar surface area (TPSA) is 83.1 Å². The van der Waals surface area contributed by atoms with Gasteiger partial charge in [-0.15, -0.1) is 0 Å². The molecule has 0 fully saturated rings. The summed E-state index contributed by atoms with van der Waals surface area (Å²) in [6, 6.07) is 3.15. The maximum Gasteiger partial charge on any atom is 0.323 e. The van der Waals surface area contributed by atoms with Crippen LogP contribution >= 0.6 is 0 Å². The first-order chi connectivity index (χ1) is 6.54. The second kappa shape index (κ2) is 3.75. The van der Waals surface area contributed by atoms with Crippen molar-refractivity contribution >= 4 is 5.97 Å². The van der Waals surface area contributed by atoms with Crippen LogP contribution in [0.2, 0.25) is 0 Å². The molecule has 1 heterocycles. The molecule has 5 heteroatoms. The SMILES string of the molecule is Cc1cc(C#N)c(=O)n(CC(=O)O)c1. The number of rotatable bonds is 2. The number of carbonyl (C=O) groups is 1. The molecule has 0 bridgehead atoms. The molecule has 0 amide bonds. The maximum absolute atomic E-state index is 11.4. The molecule has 0 saturated carbocycles. The number of carboxylic acid groups (broad SMARTS) is 1. The third-order valence-corrected chi connectivity index (χ3v) is 1.65. The van der Waals surface area contributed by atoms with Crippen LogP contribution in [0.3, 0.4) is 0 Å². The fraction of sp³-hybridized carbons (Fsp3) is 0.222. The van der Waals surface area contributed by atoms with E-state index >= 15 is 0 Å². The van der Waals surface area contributed by atoms with Crippen molar-refractivity contribution in [1.29, 1.82) is 5.26 Å². The molecule has 0 atom stereocenters. The lowest BCUT2D eigenvalue weighted by Crippen LogP contribution is -2.25. The normalized spacial score (nSPS) is 9.43. The van der Waals surface area contributed by atoms with E-state index < -0.39 is 18.1 Å². The number of nitriles is 1. The molecule has 5 nitrogen and oxygen atoms in total. The molecule has 14 heavy (non-hydrogen) atoms. The van der Waals surface area contributed by atoms with E-state index in [4.69, 9.17) is 10.4 Å². The molecule has 1 aromatic heterocycles. The van der Waals surface area contributed by atoms with Gasteiger partial charge < -0.3 is 9.67 Å². The molecular formula is C9H8N2O3. The molecule has 0 spiro atoms. The van der Waals surface area contributed by atoms with E-state index in [2.05, 4.69) is 0 Å². The number of aliphatic carboxylic acids is 1. The third-order valence-electron chi connectivity index (χ3n) is 1.65. The van der Waals surface area contributed by atoms with Gasteiger partial charge in [-0.25, -0.2) is 0 Å². The van der Waals surface area contributed by atoms with Gasteiger partial charge in [-0.05, 0) is 18.6 Å². The van der Waals surface area contributed by atoms with E-state index in [1.54, 1.807) is 13.0 Å². The van der Waals surface area contributed by atoms with Gasteiger partial charge in [0.05, 0.1) is 0 Å². The number of hydrogen-bond donors (Lipinski definition) is 1. The number of aryl methyl sites for hydroxylation is 1. The first kappa shape index (κ1) is 9.99. The van der Waals surface area contributed by atoms with E-state index in [1.807, 2.05) is 0 Å². The van der Waals surface area contributed by atoms with Crippen molar-refractivity contribution < 1.29 is 9.90 Å². The standard InChI is InChI=1S/C9H8N2O3/c1-6-2-7(3-10)9(14)11(4-6)5-8(12)13/h2,4H,5H2,1H3,(H,12,13). The van der Waals surface area contributed by atoms with Crippen molar-refractivity contribution in [2.75, 3.05) is 0 Å². The molecule has 1 aromatic rings. The first-order valence-electron chi connectivity index (χ1n) is 3.87. The van der Waals surface area contributed by atoms with Gasteiger partial charge in [-0.1, -0.05) is 0 Å². The smallest absolute Gasteiger partial charge is 0.323 e. The van der Waals surface area contributed by atoms with E-state index in [-0.39, 0.29) is 5.56 Å². The van der Waals surface area contributed by atoms with Crippen LogP contribution in [0.4, 0.5) is 0 Å². The minimum atomic E-state index is -1.11. The van der Waals surface area contributed by atoms with Crippen molar-refractivity contribution in [3.63, 3.8) is 0 Å². The number of nitrogens with zero attached hydrogens (tertiary/aromatic N) is 2. The van der Waals surface area contributed by atoms with E-state index in [0.29, 0.717) is 5.56 Å². The molecule has 0 radical (unpaired) electrons. The van der Waals surface area contributed by atoms with Crippen LogP contribution in [-0.4, -0.2) is 15.6 Å². The molecule has 72 valence electrons. The zero-order chi connectivity index (χ0) is 10.7. The van der Waals surface area contributed by atoms with E-state index in [9.17, 15) is 9.59 Å². The first-order valence-corrected chi connectivity index (χ1v) is 3.87. The fourth-order valence-corrected chi connectivity index (χ4v) is 1.13. The predicted octanol–water partition coefficient (Wildman–Crippen LogP) is 0.113. The zero-order valence-electron chi connectivity index (χ0n) is 7.52. The minimum absolute atomic E-state index is 0.0359. The highest BCUT2D eigenvalue weighted by molar-refractivity contribution is 5.66. The summed E-state index contributed by atoms with van der Waals surface area (Å²) in [5, 5.41) is 17.1. The molecular weight excluding hydrogens is 184 g/mol. The number of carboxylic acids is 1. The predicted molar refractivity (Wildman–Crippen MR) is 47.8 cm³/mol. The Morgan fingerprint density at radius 2 is 2.36 bits per heavy atom. The van der Waals surface area contributed by atoms with Crippen LogP contribution in [0.1, 0.15) is 11.1 Å². The Morgan fingerprint density at radius 1 is 1.71 bits per heavy atom. The number of hydrogen-bond acceptors (Lipinski definition) is 3. The summed E-state index contributed by atoms with van der Waals surface area (Å²) in [6.07, 6.45) is 1.41. The average Bonchev–Trinajstić information content (AvgIpc) is 2.09. The summed E-state index contributed by atoms with van der Waals surface area (Å²) in [5.74, 6) is -1.11. The second-order valence-electron chi connectivity index (χ2n) is 2.87. The molecule has 0 aromatic carbocycles. The summed E-state index contributed by atoms with van der Waals surface area (Å²) >= 11 is 0. The molecule has 1 N–H and O–H groups in total. The van der Waals surface area contributed by atoms with Crippen LogP contribution in [0, 0.1) is 18.3 Å². The molecule has 0 unspecified atom stereocenters. The third kappa shape index (κ3) is 1.98. The van der Waals surface area contributed by atoms with Crippen LogP contribution in [0.15, 0.2) is 17.1 Å². The zero-order valence-corrected chi connectivity index (χ0v) is 7.52. The van der Waals surface area contributed by atoms with Gasteiger partial charge in [-0.3, -0.25) is 9.59 Å². The van der Waals surface area contributed by atoms with Crippen LogP contribution in [0.25, 0.3) is 0 Å². The van der Waals surface area contributed by atoms with E-state index in [0.717, 1.165) is 4.57 Å². The van der Waals surface area contributed by atoms with Crippen molar-refractivity contribution in [2.24, 2.45) is 0 Å². The Morgan fingerprint density at radius 3 is 2.86 bits per heavy atom. The lowest BCUT2D eigenvalue weighted by atomic mass is 10.2. The van der Waals surface area contributed by atoms with Crippen molar-refractivity contribution in [1.82, 2.24) is 4.57 Å². The van der Waals surface area contributed by atoms with Crippen LogP contribution < -0.4 is 5.56 Å². The van der Waals surface area contributed by atoms with Gasteiger partial charge in [0, 0.05) is 6.20 Å². The average molecular weight is 192 g/mol. The number of aromatic nitrogens is 1. The molecule has 1 rings (SSSR count). The van der Waals surface area contributed by atoms with Crippen molar-refractivity contribution in [3.05, 3.63) is 33.7 Å². The van der Waals surface area contributed by atoms with Gasteiger partial charge in [0.1, 0.15) is 18.2 Å². The summed E-state index contributed by atoms with van der Waals surface area (Å²) in [5.41, 5.74) is 0.0779. The fourth-order valence-electron chi connectivity index (χ4n) is 1.13. The Kier molecular flexibility index (Phi) is 2.67. The van der Waals surface area contributed by atoms with Gasteiger partial charge >= 0.3 is 5.97 Å². The largest absolute Gasteiger partial charge is 0.480 e. The Bertz CT molecular complexity index is 468. The summed E-state index contributed by atoms with van der Waals surface area (Å²) in [7, 11) is 0. The van der Waals surface area contributed by atoms with Crippen LogP contribution in [0.5, 0.6) is 0 Å². The molecule has 0 aliphatic carbocycles. The van der Waals surface area contributed by atoms with Crippen LogP contribution in [-0.2, 0) is 11.3 Å². The van der Waals surface area contributed by atoms with E-state index in [1.165, 1.54) is 12.3 Å².